The summed E-state index contributed by atoms with van der Waals surface area (Å²) in [4.78, 5) is 0. The van der Waals surface area contributed by atoms with Gasteiger partial charge in [-0.1, -0.05) is 53.0 Å². The molecular formula is C23H37P. The number of hydrogen-bond acceptors (Lipinski definition) is 0. The van der Waals surface area contributed by atoms with Gasteiger partial charge in [-0.15, -0.1) is 0 Å². The Kier molecular flexibility index (Phi) is 5.75. The van der Waals surface area contributed by atoms with Crippen LogP contribution in [0.15, 0.2) is 24.3 Å². The minimum Gasteiger partial charge on any atom is -0.174 e. The van der Waals surface area contributed by atoms with Gasteiger partial charge in [0.05, 0.1) is 5.30 Å². The fourth-order valence-electron chi connectivity index (χ4n) is 5.04. The molecule has 0 spiro atoms. The summed E-state index contributed by atoms with van der Waals surface area (Å²) in [5, 5.41) is 1.63. The Morgan fingerprint density at radius 3 is 1.54 bits per heavy atom. The van der Waals surface area contributed by atoms with Crippen LogP contribution >= 0.6 is 7.26 Å². The van der Waals surface area contributed by atoms with E-state index in [1.165, 1.54) is 69.8 Å². The normalized spacial score (nSPS) is 21.8. The fraction of sp³-hybridized carbons (Fsp3) is 0.696. The maximum absolute atomic E-state index is 5.09. The summed E-state index contributed by atoms with van der Waals surface area (Å²) in [5.74, 6) is 0. The Hall–Kier alpha value is -0.350. The third-order valence-electron chi connectivity index (χ3n) is 6.67. The molecule has 0 radical (unpaired) electrons. The highest BCUT2D eigenvalue weighted by Gasteiger charge is 2.44. The predicted molar refractivity (Wildman–Crippen MR) is 111 cm³/mol. The first-order valence-electron chi connectivity index (χ1n) is 10.3. The fourth-order valence-corrected chi connectivity index (χ4v) is 9.76. The Bertz CT molecular complexity index is 492. The van der Waals surface area contributed by atoms with Crippen molar-refractivity contribution >= 4 is 12.6 Å². The molecule has 2 saturated carbocycles. The lowest BCUT2D eigenvalue weighted by Crippen LogP contribution is -2.33. The SMILES string of the molecule is [CH2-][P+](c1ccc(C(C)(C)C)cc1)(C1CCCCC1)C1CCCCC1. The van der Waals surface area contributed by atoms with Gasteiger partial charge in [0.1, 0.15) is 0 Å². The molecule has 0 N–H and O–H groups in total. The van der Waals surface area contributed by atoms with E-state index in [1.54, 1.807) is 5.30 Å². The van der Waals surface area contributed by atoms with E-state index in [2.05, 4.69) is 45.0 Å². The van der Waals surface area contributed by atoms with Gasteiger partial charge >= 0.3 is 0 Å². The maximum Gasteiger partial charge on any atom is 0.0651 e. The standard InChI is InChI=1S/C23H37P/c1-23(2,3)19-15-17-22(18-16-19)24(4,20-11-7-5-8-12-20)21-13-9-6-10-14-21/h15-18,20-21H,4-14H2,1-3H3. The maximum atomic E-state index is 5.09. The van der Waals surface area contributed by atoms with Crippen LogP contribution in [0.4, 0.5) is 0 Å². The van der Waals surface area contributed by atoms with Crippen LogP contribution < -0.4 is 5.30 Å². The van der Waals surface area contributed by atoms with Crippen LogP contribution in [0.2, 0.25) is 0 Å². The minimum atomic E-state index is -1.29. The van der Waals surface area contributed by atoms with Crippen molar-refractivity contribution in [3.63, 3.8) is 0 Å². The molecule has 2 aliphatic rings. The van der Waals surface area contributed by atoms with E-state index < -0.39 is 7.26 Å². The molecule has 0 saturated heterocycles. The van der Waals surface area contributed by atoms with Gasteiger partial charge in [-0.2, -0.15) is 6.66 Å². The van der Waals surface area contributed by atoms with Crippen molar-refractivity contribution in [3.8, 4) is 0 Å². The molecule has 1 aromatic carbocycles. The van der Waals surface area contributed by atoms with Crippen LogP contribution in [0.3, 0.4) is 0 Å². The minimum absolute atomic E-state index is 0.247. The molecule has 0 amide bonds. The van der Waals surface area contributed by atoms with E-state index in [0.717, 1.165) is 11.3 Å². The molecule has 2 fully saturated rings. The van der Waals surface area contributed by atoms with Crippen molar-refractivity contribution < 1.29 is 0 Å². The average Bonchev–Trinajstić information content (AvgIpc) is 2.62. The van der Waals surface area contributed by atoms with Crippen molar-refractivity contribution in [3.05, 3.63) is 36.5 Å². The van der Waals surface area contributed by atoms with Crippen molar-refractivity contribution in [2.24, 2.45) is 0 Å². The van der Waals surface area contributed by atoms with Gasteiger partial charge in [-0.05, 0) is 74.5 Å². The van der Waals surface area contributed by atoms with Crippen LogP contribution in [0, 0.1) is 6.66 Å². The van der Waals surface area contributed by atoms with Gasteiger partial charge in [-0.3, -0.25) is 0 Å². The molecular weight excluding hydrogens is 307 g/mol. The average molecular weight is 345 g/mol. The zero-order valence-corrected chi connectivity index (χ0v) is 17.1. The number of benzene rings is 1. The third-order valence-corrected chi connectivity index (χ3v) is 11.6. The van der Waals surface area contributed by atoms with E-state index in [0.29, 0.717) is 0 Å². The molecule has 3 rings (SSSR count). The molecule has 134 valence electrons. The topological polar surface area (TPSA) is 0 Å². The Balaban J connectivity index is 1.94. The summed E-state index contributed by atoms with van der Waals surface area (Å²) >= 11 is 0. The Morgan fingerprint density at radius 2 is 1.17 bits per heavy atom. The van der Waals surface area contributed by atoms with Crippen molar-refractivity contribution in [1.29, 1.82) is 0 Å². The second kappa shape index (κ2) is 7.49. The third kappa shape index (κ3) is 3.75. The highest BCUT2D eigenvalue weighted by molar-refractivity contribution is 7.85. The van der Waals surface area contributed by atoms with Crippen LogP contribution in [0.25, 0.3) is 0 Å². The molecule has 0 aromatic heterocycles. The first kappa shape index (κ1) is 18.4. The lowest BCUT2D eigenvalue weighted by molar-refractivity contribution is 0.483. The second-order valence-corrected chi connectivity index (χ2v) is 13.1. The highest BCUT2D eigenvalue weighted by Crippen LogP contribution is 2.70. The molecule has 0 atom stereocenters. The summed E-state index contributed by atoms with van der Waals surface area (Å²) in [5.41, 5.74) is 3.51. The first-order chi connectivity index (χ1) is 11.4. The van der Waals surface area contributed by atoms with E-state index >= 15 is 0 Å². The summed E-state index contributed by atoms with van der Waals surface area (Å²) < 4.78 is 0. The van der Waals surface area contributed by atoms with Gasteiger partial charge in [0.15, 0.2) is 0 Å². The Morgan fingerprint density at radius 1 is 0.750 bits per heavy atom. The Labute approximate surface area is 151 Å². The van der Waals surface area contributed by atoms with E-state index in [4.69, 9.17) is 6.66 Å². The summed E-state index contributed by atoms with van der Waals surface area (Å²) in [6, 6.07) is 9.76. The van der Waals surface area contributed by atoms with Crippen molar-refractivity contribution in [1.82, 2.24) is 0 Å². The van der Waals surface area contributed by atoms with Crippen LogP contribution in [-0.4, -0.2) is 11.3 Å². The van der Waals surface area contributed by atoms with Gasteiger partial charge in [0.2, 0.25) is 0 Å². The van der Waals surface area contributed by atoms with Gasteiger partial charge < -0.3 is 0 Å². The molecule has 0 unspecified atom stereocenters. The van der Waals surface area contributed by atoms with Gasteiger partial charge in [0, 0.05) is 11.3 Å². The molecule has 24 heavy (non-hydrogen) atoms. The molecule has 0 aliphatic heterocycles. The van der Waals surface area contributed by atoms with E-state index in [1.807, 2.05) is 0 Å². The molecule has 1 heteroatoms. The van der Waals surface area contributed by atoms with Crippen LogP contribution in [-0.2, 0) is 5.41 Å². The smallest absolute Gasteiger partial charge is 0.0651 e. The zero-order valence-electron chi connectivity index (χ0n) is 16.2. The van der Waals surface area contributed by atoms with Gasteiger partial charge in [0.25, 0.3) is 0 Å². The lowest BCUT2D eigenvalue weighted by Gasteiger charge is -2.46. The molecule has 1 aromatic rings. The summed E-state index contributed by atoms with van der Waals surface area (Å²) in [6.45, 7) is 12.0. The number of rotatable bonds is 3. The van der Waals surface area contributed by atoms with Crippen molar-refractivity contribution in [2.75, 3.05) is 0 Å². The van der Waals surface area contributed by atoms with Crippen LogP contribution in [0.1, 0.15) is 90.5 Å². The van der Waals surface area contributed by atoms with E-state index in [9.17, 15) is 0 Å². The first-order valence-corrected chi connectivity index (χ1v) is 12.4. The van der Waals surface area contributed by atoms with Crippen LogP contribution in [0.5, 0.6) is 0 Å². The molecule has 0 bridgehead atoms. The highest BCUT2D eigenvalue weighted by atomic mass is 31.2. The quantitative estimate of drug-likeness (QED) is 0.406. The summed E-state index contributed by atoms with van der Waals surface area (Å²) in [7, 11) is -1.29. The predicted octanol–water partition coefficient (Wildman–Crippen LogP) is 7.08. The molecule has 0 heterocycles. The van der Waals surface area contributed by atoms with Gasteiger partial charge in [-0.25, -0.2) is 0 Å². The lowest BCUT2D eigenvalue weighted by atomic mass is 9.87. The van der Waals surface area contributed by atoms with Crippen molar-refractivity contribution in [2.45, 2.75) is 102 Å². The molecule has 2 aliphatic carbocycles. The number of hydrogen-bond donors (Lipinski definition) is 0. The monoisotopic (exact) mass is 344 g/mol. The summed E-state index contributed by atoms with van der Waals surface area (Å²) in [6.07, 6.45) is 14.4. The second-order valence-electron chi connectivity index (χ2n) is 9.31. The zero-order chi connectivity index (χ0) is 17.2. The molecule has 0 nitrogen and oxygen atoms in total. The van der Waals surface area contributed by atoms with E-state index in [-0.39, 0.29) is 5.41 Å². The largest absolute Gasteiger partial charge is 0.174 e.